The first-order valence-corrected chi connectivity index (χ1v) is 9.06. The van der Waals surface area contributed by atoms with Gasteiger partial charge in [-0.3, -0.25) is 4.79 Å². The van der Waals surface area contributed by atoms with E-state index < -0.39 is 0 Å². The van der Waals surface area contributed by atoms with Crippen LogP contribution in [0.15, 0.2) is 36.5 Å². The lowest BCUT2D eigenvalue weighted by Crippen LogP contribution is -2.40. The van der Waals surface area contributed by atoms with Gasteiger partial charge in [0.25, 0.3) is 0 Å². The second-order valence-electron chi connectivity index (χ2n) is 6.58. The Hall–Kier alpha value is -1.32. The summed E-state index contributed by atoms with van der Waals surface area (Å²) in [6, 6.07) is 7.64. The van der Waals surface area contributed by atoms with Crippen molar-refractivity contribution in [3.63, 3.8) is 0 Å². The van der Waals surface area contributed by atoms with Crippen molar-refractivity contribution in [3.8, 4) is 0 Å². The Morgan fingerprint density at radius 1 is 1.09 bits per heavy atom. The molecule has 0 radical (unpaired) electrons. The number of ketones is 1. The van der Waals surface area contributed by atoms with Gasteiger partial charge < -0.3 is 9.80 Å². The van der Waals surface area contributed by atoms with Gasteiger partial charge in [0.15, 0.2) is 5.78 Å². The van der Waals surface area contributed by atoms with Gasteiger partial charge in [-0.25, -0.2) is 0 Å². The summed E-state index contributed by atoms with van der Waals surface area (Å²) in [5.74, 6) is 0.0466. The summed E-state index contributed by atoms with van der Waals surface area (Å²) >= 11 is 5.87. The van der Waals surface area contributed by atoms with Crippen molar-refractivity contribution in [2.75, 3.05) is 26.2 Å². The number of halogens is 1. The Morgan fingerprint density at radius 3 is 2.57 bits per heavy atom. The zero-order valence-electron chi connectivity index (χ0n) is 13.6. The normalized spacial score (nSPS) is 22.8. The number of rotatable bonds is 5. The van der Waals surface area contributed by atoms with Crippen LogP contribution in [0, 0.1) is 0 Å². The minimum absolute atomic E-state index is 0.0466. The molecule has 2 aliphatic rings. The number of carbonyl (C=O) groups excluding carboxylic acids is 1. The molecule has 2 saturated heterocycles. The lowest BCUT2D eigenvalue weighted by atomic mass is 10.1. The molecule has 124 valence electrons. The van der Waals surface area contributed by atoms with Crippen LogP contribution in [-0.4, -0.2) is 47.8 Å². The van der Waals surface area contributed by atoms with Gasteiger partial charge in [0.2, 0.25) is 0 Å². The van der Waals surface area contributed by atoms with Gasteiger partial charge in [0, 0.05) is 42.0 Å². The van der Waals surface area contributed by atoms with E-state index in [-0.39, 0.29) is 5.78 Å². The van der Waals surface area contributed by atoms with Crippen molar-refractivity contribution in [2.45, 2.75) is 38.1 Å². The van der Waals surface area contributed by atoms with Crippen LogP contribution in [-0.2, 0) is 0 Å². The van der Waals surface area contributed by atoms with Crippen LogP contribution < -0.4 is 0 Å². The number of hydrogen-bond acceptors (Lipinski definition) is 3. The summed E-state index contributed by atoms with van der Waals surface area (Å²) in [6.45, 7) is 4.66. The summed E-state index contributed by atoms with van der Waals surface area (Å²) in [7, 11) is 0. The summed E-state index contributed by atoms with van der Waals surface area (Å²) in [6.07, 6.45) is 10.2. The van der Waals surface area contributed by atoms with Crippen LogP contribution in [0.1, 0.15) is 42.5 Å². The topological polar surface area (TPSA) is 23.6 Å². The highest BCUT2D eigenvalue weighted by Gasteiger charge is 2.24. The fraction of sp³-hybridized carbons (Fsp3) is 0.526. The first-order chi connectivity index (χ1) is 11.2. The monoisotopic (exact) mass is 332 g/mol. The van der Waals surface area contributed by atoms with E-state index in [1.54, 1.807) is 30.3 Å². The van der Waals surface area contributed by atoms with Gasteiger partial charge in [-0.15, -0.1) is 0 Å². The summed E-state index contributed by atoms with van der Waals surface area (Å²) in [4.78, 5) is 17.2. The number of nitrogens with zero attached hydrogens (tertiary/aromatic N) is 2. The third-order valence-corrected chi connectivity index (χ3v) is 5.14. The fourth-order valence-corrected chi connectivity index (χ4v) is 3.69. The van der Waals surface area contributed by atoms with E-state index >= 15 is 0 Å². The molecule has 0 aliphatic carbocycles. The highest BCUT2D eigenvalue weighted by Crippen LogP contribution is 2.21. The Labute approximate surface area is 143 Å². The Kier molecular flexibility index (Phi) is 5.74. The maximum atomic E-state index is 12.2. The highest BCUT2D eigenvalue weighted by atomic mass is 35.5. The third-order valence-electron chi connectivity index (χ3n) is 4.89. The molecule has 0 saturated carbocycles. The van der Waals surface area contributed by atoms with Gasteiger partial charge in [-0.2, -0.15) is 0 Å². The van der Waals surface area contributed by atoms with Crippen LogP contribution in [0.2, 0.25) is 5.02 Å². The minimum Gasteiger partial charge on any atom is -0.373 e. The average molecular weight is 333 g/mol. The molecule has 2 fully saturated rings. The third kappa shape index (κ3) is 4.58. The molecular formula is C19H25ClN2O. The van der Waals surface area contributed by atoms with E-state index in [0.29, 0.717) is 16.6 Å². The number of hydrogen-bond donors (Lipinski definition) is 0. The van der Waals surface area contributed by atoms with Crippen molar-refractivity contribution in [1.82, 2.24) is 9.80 Å². The summed E-state index contributed by atoms with van der Waals surface area (Å²) in [5.41, 5.74) is 0.692. The Morgan fingerprint density at radius 2 is 1.83 bits per heavy atom. The van der Waals surface area contributed by atoms with E-state index in [9.17, 15) is 4.79 Å². The number of carbonyl (C=O) groups is 1. The lowest BCUT2D eigenvalue weighted by molar-refractivity contribution is 0.104. The van der Waals surface area contributed by atoms with Crippen LogP contribution in [0.4, 0.5) is 0 Å². The van der Waals surface area contributed by atoms with Gasteiger partial charge in [-0.05, 0) is 63.0 Å². The van der Waals surface area contributed by atoms with E-state index in [1.807, 2.05) is 6.20 Å². The summed E-state index contributed by atoms with van der Waals surface area (Å²) < 4.78 is 0. The predicted molar refractivity (Wildman–Crippen MR) is 94.9 cm³/mol. The van der Waals surface area contributed by atoms with Crippen molar-refractivity contribution >= 4 is 17.4 Å². The number of allylic oxidation sites excluding steroid dienone is 1. The first kappa shape index (κ1) is 16.5. The zero-order chi connectivity index (χ0) is 16.1. The molecule has 0 spiro atoms. The van der Waals surface area contributed by atoms with Crippen LogP contribution >= 0.6 is 11.6 Å². The molecule has 3 nitrogen and oxygen atoms in total. The molecule has 1 atom stereocenters. The van der Waals surface area contributed by atoms with Gasteiger partial charge in [0.05, 0.1) is 0 Å². The number of likely N-dealkylation sites (tertiary alicyclic amines) is 2. The van der Waals surface area contributed by atoms with Crippen LogP contribution in [0.3, 0.4) is 0 Å². The quantitative estimate of drug-likeness (QED) is 0.601. The van der Waals surface area contributed by atoms with E-state index in [0.717, 1.165) is 13.1 Å². The molecule has 2 heterocycles. The second-order valence-corrected chi connectivity index (χ2v) is 7.02. The van der Waals surface area contributed by atoms with Gasteiger partial charge in [0.1, 0.15) is 0 Å². The summed E-state index contributed by atoms with van der Waals surface area (Å²) in [5, 5.41) is 0.659. The van der Waals surface area contributed by atoms with Crippen molar-refractivity contribution in [2.24, 2.45) is 0 Å². The van der Waals surface area contributed by atoms with Crippen LogP contribution in [0.25, 0.3) is 0 Å². The van der Waals surface area contributed by atoms with Crippen molar-refractivity contribution < 1.29 is 4.79 Å². The fourth-order valence-electron chi connectivity index (χ4n) is 3.56. The number of benzene rings is 1. The molecule has 0 bridgehead atoms. The second kappa shape index (κ2) is 7.98. The van der Waals surface area contributed by atoms with Crippen molar-refractivity contribution in [1.29, 1.82) is 0 Å². The van der Waals surface area contributed by atoms with Crippen molar-refractivity contribution in [3.05, 3.63) is 47.1 Å². The molecule has 1 aromatic rings. The molecule has 23 heavy (non-hydrogen) atoms. The van der Waals surface area contributed by atoms with E-state index in [2.05, 4.69) is 9.80 Å². The smallest absolute Gasteiger partial charge is 0.187 e. The molecule has 4 heteroatoms. The number of piperidine rings is 1. The van der Waals surface area contributed by atoms with E-state index in [1.165, 1.54) is 45.2 Å². The largest absolute Gasteiger partial charge is 0.373 e. The maximum Gasteiger partial charge on any atom is 0.187 e. The Bertz CT molecular complexity index is 549. The average Bonchev–Trinajstić information content (AvgIpc) is 3.01. The standard InChI is InChI=1S/C19H25ClN2O/c20-17-8-6-16(7-9-17)19(23)10-14-22-13-4-5-18(22)15-21-11-2-1-3-12-21/h6-10,14,18H,1-5,11-13,15H2/b14-10+/t18-/m0/s1. The van der Waals surface area contributed by atoms with Gasteiger partial charge >= 0.3 is 0 Å². The highest BCUT2D eigenvalue weighted by molar-refractivity contribution is 6.30. The molecule has 2 aliphatic heterocycles. The van der Waals surface area contributed by atoms with Crippen LogP contribution in [0.5, 0.6) is 0 Å². The maximum absolute atomic E-state index is 12.2. The molecule has 0 N–H and O–H groups in total. The molecule has 1 aromatic carbocycles. The Balaban J connectivity index is 1.56. The molecule has 0 aromatic heterocycles. The minimum atomic E-state index is 0.0466. The molecular weight excluding hydrogens is 308 g/mol. The SMILES string of the molecule is O=C(/C=C/N1CCC[C@H]1CN1CCCCC1)c1ccc(Cl)cc1. The zero-order valence-corrected chi connectivity index (χ0v) is 14.3. The lowest BCUT2D eigenvalue weighted by Gasteiger charge is -2.32. The van der Waals surface area contributed by atoms with Gasteiger partial charge in [-0.1, -0.05) is 18.0 Å². The first-order valence-electron chi connectivity index (χ1n) is 8.68. The molecule has 3 rings (SSSR count). The van der Waals surface area contributed by atoms with E-state index in [4.69, 9.17) is 11.6 Å². The molecule has 0 amide bonds. The molecule has 0 unspecified atom stereocenters. The predicted octanol–water partition coefficient (Wildman–Crippen LogP) is 3.99.